The highest BCUT2D eigenvalue weighted by atomic mass is 35.5. The van der Waals surface area contributed by atoms with E-state index in [-0.39, 0.29) is 0 Å². The van der Waals surface area contributed by atoms with Gasteiger partial charge in [0.1, 0.15) is 11.0 Å². The fourth-order valence-electron chi connectivity index (χ4n) is 1.72. The van der Waals surface area contributed by atoms with Crippen LogP contribution in [0.5, 0.6) is 0 Å². The van der Waals surface area contributed by atoms with Crippen LogP contribution in [0.1, 0.15) is 50.0 Å². The van der Waals surface area contributed by atoms with E-state index in [9.17, 15) is 0 Å². The normalized spacial score (nSPS) is 16.7. The molecule has 0 radical (unpaired) electrons. The molecule has 0 spiro atoms. The summed E-state index contributed by atoms with van der Waals surface area (Å²) in [5.41, 5.74) is 1.09. The lowest BCUT2D eigenvalue weighted by atomic mass is 9.85. The molecular formula is C11H15ClN2. The zero-order valence-electron chi connectivity index (χ0n) is 8.46. The van der Waals surface area contributed by atoms with E-state index in [0.29, 0.717) is 11.1 Å². The van der Waals surface area contributed by atoms with Crippen molar-refractivity contribution in [3.8, 4) is 0 Å². The van der Waals surface area contributed by atoms with Crippen LogP contribution >= 0.6 is 11.6 Å². The topological polar surface area (TPSA) is 25.8 Å². The molecule has 0 aromatic carbocycles. The molecule has 76 valence electrons. The van der Waals surface area contributed by atoms with Gasteiger partial charge in [0, 0.05) is 11.6 Å². The maximum absolute atomic E-state index is 5.96. The molecule has 0 unspecified atom stereocenters. The molecule has 0 N–H and O–H groups in total. The smallest absolute Gasteiger partial charge is 0.133 e. The maximum atomic E-state index is 5.96. The molecule has 0 bridgehead atoms. The summed E-state index contributed by atoms with van der Waals surface area (Å²) in [6.45, 7) is 2.15. The predicted octanol–water partition coefficient (Wildman–Crippen LogP) is 3.35. The zero-order valence-corrected chi connectivity index (χ0v) is 9.22. The Morgan fingerprint density at radius 2 is 2.21 bits per heavy atom. The Bertz CT molecular complexity index is 321. The van der Waals surface area contributed by atoms with Gasteiger partial charge in [-0.15, -0.1) is 0 Å². The largest absolute Gasteiger partial charge is 0.238 e. The molecule has 3 heteroatoms. The second kappa shape index (κ2) is 4.26. The lowest BCUT2D eigenvalue weighted by molar-refractivity contribution is 0.400. The highest BCUT2D eigenvalue weighted by Gasteiger charge is 2.22. The van der Waals surface area contributed by atoms with E-state index in [2.05, 4.69) is 16.9 Å². The van der Waals surface area contributed by atoms with E-state index < -0.39 is 0 Å². The van der Waals surface area contributed by atoms with Crippen molar-refractivity contribution in [1.82, 2.24) is 9.97 Å². The van der Waals surface area contributed by atoms with Gasteiger partial charge in [0.05, 0.1) is 0 Å². The quantitative estimate of drug-likeness (QED) is 0.716. The van der Waals surface area contributed by atoms with E-state index in [1.165, 1.54) is 19.3 Å². The van der Waals surface area contributed by atoms with Crippen LogP contribution in [0.2, 0.25) is 5.15 Å². The van der Waals surface area contributed by atoms with E-state index >= 15 is 0 Å². The maximum Gasteiger partial charge on any atom is 0.133 e. The lowest BCUT2D eigenvalue weighted by Gasteiger charge is -2.24. The molecule has 2 rings (SSSR count). The molecule has 0 atom stereocenters. The van der Waals surface area contributed by atoms with Crippen molar-refractivity contribution < 1.29 is 0 Å². The first-order valence-corrected chi connectivity index (χ1v) is 5.70. The van der Waals surface area contributed by atoms with Gasteiger partial charge in [0.15, 0.2) is 0 Å². The van der Waals surface area contributed by atoms with Crippen LogP contribution in [0.3, 0.4) is 0 Å². The summed E-state index contributed by atoms with van der Waals surface area (Å²) in [4.78, 5) is 8.84. The van der Waals surface area contributed by atoms with Crippen LogP contribution in [0.15, 0.2) is 6.07 Å². The number of halogens is 1. The monoisotopic (exact) mass is 210 g/mol. The SMILES string of the molecule is CCCc1cc(Cl)nc(C2CCC2)n1. The molecule has 14 heavy (non-hydrogen) atoms. The van der Waals surface area contributed by atoms with Gasteiger partial charge in [-0.05, 0) is 25.3 Å². The van der Waals surface area contributed by atoms with Crippen molar-refractivity contribution in [2.45, 2.75) is 44.9 Å². The fourth-order valence-corrected chi connectivity index (χ4v) is 1.93. The molecule has 1 aromatic heterocycles. The number of aryl methyl sites for hydroxylation is 1. The number of rotatable bonds is 3. The van der Waals surface area contributed by atoms with E-state index in [4.69, 9.17) is 11.6 Å². The van der Waals surface area contributed by atoms with Crippen LogP contribution in [0.25, 0.3) is 0 Å². The van der Waals surface area contributed by atoms with Crippen LogP contribution in [-0.2, 0) is 6.42 Å². The second-order valence-corrected chi connectivity index (χ2v) is 4.31. The van der Waals surface area contributed by atoms with Crippen molar-refractivity contribution in [3.63, 3.8) is 0 Å². The molecule has 1 aromatic rings. The first kappa shape index (κ1) is 9.91. The van der Waals surface area contributed by atoms with Gasteiger partial charge < -0.3 is 0 Å². The zero-order chi connectivity index (χ0) is 9.97. The van der Waals surface area contributed by atoms with Gasteiger partial charge >= 0.3 is 0 Å². The van der Waals surface area contributed by atoms with Crippen LogP contribution in [-0.4, -0.2) is 9.97 Å². The summed E-state index contributed by atoms with van der Waals surface area (Å²) in [5.74, 6) is 1.54. The standard InChI is InChI=1S/C11H15ClN2/c1-2-4-9-7-10(12)14-11(13-9)8-5-3-6-8/h7-8H,2-6H2,1H3. The minimum Gasteiger partial charge on any atom is -0.238 e. The third-order valence-electron chi connectivity index (χ3n) is 2.74. The Balaban J connectivity index is 2.21. The van der Waals surface area contributed by atoms with E-state index in [1.807, 2.05) is 6.07 Å². The minimum atomic E-state index is 0.573. The Kier molecular flexibility index (Phi) is 3.02. The number of hydrogen-bond acceptors (Lipinski definition) is 2. The molecule has 0 saturated heterocycles. The molecular weight excluding hydrogens is 196 g/mol. The first-order valence-electron chi connectivity index (χ1n) is 5.33. The van der Waals surface area contributed by atoms with Crippen molar-refractivity contribution in [3.05, 3.63) is 22.7 Å². The Morgan fingerprint density at radius 3 is 2.79 bits per heavy atom. The minimum absolute atomic E-state index is 0.573. The van der Waals surface area contributed by atoms with Gasteiger partial charge in [-0.1, -0.05) is 31.4 Å². The van der Waals surface area contributed by atoms with Gasteiger partial charge in [-0.3, -0.25) is 0 Å². The van der Waals surface area contributed by atoms with Crippen LogP contribution in [0.4, 0.5) is 0 Å². The Labute approximate surface area is 89.7 Å². The highest BCUT2D eigenvalue weighted by Crippen LogP contribution is 2.34. The second-order valence-electron chi connectivity index (χ2n) is 3.92. The highest BCUT2D eigenvalue weighted by molar-refractivity contribution is 6.29. The van der Waals surface area contributed by atoms with E-state index in [0.717, 1.165) is 24.4 Å². The van der Waals surface area contributed by atoms with E-state index in [1.54, 1.807) is 0 Å². The third kappa shape index (κ3) is 2.06. The van der Waals surface area contributed by atoms with Gasteiger partial charge in [0.25, 0.3) is 0 Å². The molecule has 0 amide bonds. The Morgan fingerprint density at radius 1 is 1.43 bits per heavy atom. The summed E-state index contributed by atoms with van der Waals surface area (Å²) >= 11 is 5.96. The predicted molar refractivity (Wildman–Crippen MR) is 57.6 cm³/mol. The Hall–Kier alpha value is -0.630. The lowest BCUT2D eigenvalue weighted by Crippen LogP contribution is -2.13. The molecule has 2 nitrogen and oxygen atoms in total. The molecule has 1 fully saturated rings. The molecule has 1 aliphatic carbocycles. The number of aromatic nitrogens is 2. The molecule has 1 heterocycles. The summed E-state index contributed by atoms with van der Waals surface area (Å²) in [7, 11) is 0. The first-order chi connectivity index (χ1) is 6.79. The number of nitrogens with zero attached hydrogens (tertiary/aromatic N) is 2. The van der Waals surface area contributed by atoms with Crippen molar-refractivity contribution in [2.24, 2.45) is 0 Å². The van der Waals surface area contributed by atoms with Crippen LogP contribution < -0.4 is 0 Å². The van der Waals surface area contributed by atoms with Gasteiger partial charge in [0.2, 0.25) is 0 Å². The fraction of sp³-hybridized carbons (Fsp3) is 0.636. The van der Waals surface area contributed by atoms with Crippen molar-refractivity contribution in [2.75, 3.05) is 0 Å². The summed E-state index contributed by atoms with van der Waals surface area (Å²) in [6.07, 6.45) is 5.88. The van der Waals surface area contributed by atoms with Crippen molar-refractivity contribution >= 4 is 11.6 Å². The summed E-state index contributed by atoms with van der Waals surface area (Å²) in [5, 5.41) is 0.602. The third-order valence-corrected chi connectivity index (χ3v) is 2.94. The van der Waals surface area contributed by atoms with Crippen LogP contribution in [0, 0.1) is 0 Å². The molecule has 1 aliphatic rings. The average molecular weight is 211 g/mol. The molecule has 1 saturated carbocycles. The summed E-state index contributed by atoms with van der Waals surface area (Å²) < 4.78 is 0. The van der Waals surface area contributed by atoms with Crippen molar-refractivity contribution in [1.29, 1.82) is 0 Å². The number of hydrogen-bond donors (Lipinski definition) is 0. The molecule has 0 aliphatic heterocycles. The summed E-state index contributed by atoms with van der Waals surface area (Å²) in [6, 6.07) is 1.88. The van der Waals surface area contributed by atoms with Gasteiger partial charge in [-0.25, -0.2) is 9.97 Å². The van der Waals surface area contributed by atoms with Gasteiger partial charge in [-0.2, -0.15) is 0 Å². The average Bonchev–Trinajstić information content (AvgIpc) is 1.99.